The molecule has 9 heteroatoms. The van der Waals surface area contributed by atoms with Gasteiger partial charge in [-0.25, -0.2) is 5.84 Å². The molecule has 2 unspecified atom stereocenters. The molecule has 2 rings (SSSR count). The van der Waals surface area contributed by atoms with Gasteiger partial charge in [0, 0.05) is 6.92 Å². The molecule has 114 valence electrons. The van der Waals surface area contributed by atoms with Crippen molar-refractivity contribution in [2.75, 3.05) is 6.61 Å². The predicted octanol–water partition coefficient (Wildman–Crippen LogP) is 0.215. The van der Waals surface area contributed by atoms with E-state index in [1.165, 1.54) is 6.07 Å². The quantitative estimate of drug-likeness (QED) is 0.344. The molecule has 1 amide bonds. The molecule has 0 saturated carbocycles. The van der Waals surface area contributed by atoms with Crippen molar-refractivity contribution in [2.24, 2.45) is 5.84 Å². The fourth-order valence-corrected chi connectivity index (χ4v) is 2.07. The lowest BCUT2D eigenvalue weighted by Crippen LogP contribution is -2.39. The van der Waals surface area contributed by atoms with Crippen molar-refractivity contribution >= 4 is 11.7 Å². The maximum atomic E-state index is 11.3. The van der Waals surface area contributed by atoms with Crippen LogP contribution in [0.5, 0.6) is 5.75 Å². The van der Waals surface area contributed by atoms with Gasteiger partial charge in [-0.05, 0) is 34.9 Å². The standard InChI is InChI=1S/C12H16N4O5/c1-7-2-4-9(11(14-7)16(18)19)20-6-8-3-5-10(21-8)12(17)15-13/h2,4,8,10H,3,5-6,13H2,1H3,(H,15,17). The molecule has 0 aliphatic carbocycles. The average molecular weight is 296 g/mol. The molecule has 9 nitrogen and oxygen atoms in total. The van der Waals surface area contributed by atoms with Crippen LogP contribution in [0, 0.1) is 17.0 Å². The summed E-state index contributed by atoms with van der Waals surface area (Å²) >= 11 is 0. The second-order valence-corrected chi connectivity index (χ2v) is 4.68. The molecule has 2 atom stereocenters. The number of rotatable bonds is 5. The van der Waals surface area contributed by atoms with Crippen molar-refractivity contribution in [2.45, 2.75) is 32.0 Å². The number of hydrazine groups is 1. The molecule has 0 aromatic carbocycles. The Kier molecular flexibility index (Phi) is 4.66. The van der Waals surface area contributed by atoms with Gasteiger partial charge in [0.2, 0.25) is 5.75 Å². The van der Waals surface area contributed by atoms with Gasteiger partial charge >= 0.3 is 5.82 Å². The molecule has 2 heterocycles. The van der Waals surface area contributed by atoms with Gasteiger partial charge in [-0.15, -0.1) is 0 Å². The largest absolute Gasteiger partial charge is 0.483 e. The monoisotopic (exact) mass is 296 g/mol. The fraction of sp³-hybridized carbons (Fsp3) is 0.500. The van der Waals surface area contributed by atoms with Crippen LogP contribution in [0.15, 0.2) is 12.1 Å². The van der Waals surface area contributed by atoms with Crippen LogP contribution in [0.3, 0.4) is 0 Å². The summed E-state index contributed by atoms with van der Waals surface area (Å²) in [7, 11) is 0. The molecule has 1 aromatic heterocycles. The SMILES string of the molecule is Cc1ccc(OCC2CCC(C(=O)NN)O2)c([N+](=O)[O-])n1. The van der Waals surface area contributed by atoms with Crippen LogP contribution in [0.1, 0.15) is 18.5 Å². The summed E-state index contributed by atoms with van der Waals surface area (Å²) in [5.74, 6) is 4.40. The Morgan fingerprint density at radius 2 is 2.38 bits per heavy atom. The van der Waals surface area contributed by atoms with Gasteiger partial charge in [-0.2, -0.15) is 0 Å². The first kappa shape index (κ1) is 15.1. The van der Waals surface area contributed by atoms with Crippen molar-refractivity contribution in [3.8, 4) is 5.75 Å². The number of carbonyl (C=O) groups excluding carboxylic acids is 1. The zero-order valence-corrected chi connectivity index (χ0v) is 11.4. The lowest BCUT2D eigenvalue weighted by molar-refractivity contribution is -0.390. The first-order valence-electron chi connectivity index (χ1n) is 6.42. The molecule has 1 saturated heterocycles. The van der Waals surface area contributed by atoms with E-state index in [1.54, 1.807) is 13.0 Å². The van der Waals surface area contributed by atoms with E-state index in [0.717, 1.165) is 0 Å². The van der Waals surface area contributed by atoms with E-state index in [1.807, 2.05) is 5.43 Å². The molecular formula is C12H16N4O5. The zero-order valence-electron chi connectivity index (χ0n) is 11.4. The third-order valence-electron chi connectivity index (χ3n) is 3.12. The first-order valence-corrected chi connectivity index (χ1v) is 6.42. The summed E-state index contributed by atoms with van der Waals surface area (Å²) in [5, 5.41) is 10.9. The van der Waals surface area contributed by atoms with E-state index >= 15 is 0 Å². The number of aryl methyl sites for hydroxylation is 1. The van der Waals surface area contributed by atoms with E-state index in [2.05, 4.69) is 4.98 Å². The van der Waals surface area contributed by atoms with Gasteiger partial charge in [0.15, 0.2) is 0 Å². The number of nitro groups is 1. The van der Waals surface area contributed by atoms with E-state index in [9.17, 15) is 14.9 Å². The minimum Gasteiger partial charge on any atom is -0.483 e. The van der Waals surface area contributed by atoms with E-state index in [0.29, 0.717) is 18.5 Å². The van der Waals surface area contributed by atoms with Gasteiger partial charge in [0.1, 0.15) is 18.4 Å². The highest BCUT2D eigenvalue weighted by Crippen LogP contribution is 2.26. The third-order valence-corrected chi connectivity index (χ3v) is 3.12. The van der Waals surface area contributed by atoms with Gasteiger partial charge in [0.25, 0.3) is 5.91 Å². The Labute approximate surface area is 120 Å². The van der Waals surface area contributed by atoms with Crippen molar-refractivity contribution < 1.29 is 19.2 Å². The number of carbonyl (C=O) groups is 1. The lowest BCUT2D eigenvalue weighted by Gasteiger charge is -2.13. The highest BCUT2D eigenvalue weighted by Gasteiger charge is 2.31. The zero-order chi connectivity index (χ0) is 15.4. The smallest absolute Gasteiger partial charge is 0.406 e. The number of nitrogens with one attached hydrogen (secondary N) is 1. The molecule has 1 aliphatic rings. The number of nitrogens with zero attached hydrogens (tertiary/aromatic N) is 2. The molecular weight excluding hydrogens is 280 g/mol. The van der Waals surface area contributed by atoms with Crippen molar-refractivity contribution in [3.05, 3.63) is 27.9 Å². The molecule has 1 fully saturated rings. The Morgan fingerprint density at radius 1 is 1.62 bits per heavy atom. The van der Waals surface area contributed by atoms with Gasteiger partial charge in [0.05, 0.1) is 6.10 Å². The minimum absolute atomic E-state index is 0.0842. The fourth-order valence-electron chi connectivity index (χ4n) is 2.07. The second-order valence-electron chi connectivity index (χ2n) is 4.68. The van der Waals surface area contributed by atoms with Crippen LogP contribution < -0.4 is 16.0 Å². The van der Waals surface area contributed by atoms with Crippen molar-refractivity contribution in [1.82, 2.24) is 10.4 Å². The Morgan fingerprint density at radius 3 is 3.05 bits per heavy atom. The van der Waals surface area contributed by atoms with Crippen LogP contribution in [0.4, 0.5) is 5.82 Å². The molecule has 0 bridgehead atoms. The average Bonchev–Trinajstić information content (AvgIpc) is 2.93. The summed E-state index contributed by atoms with van der Waals surface area (Å²) in [6.07, 6.45) is 0.235. The van der Waals surface area contributed by atoms with E-state index < -0.39 is 11.0 Å². The summed E-state index contributed by atoms with van der Waals surface area (Å²) in [4.78, 5) is 25.5. The molecule has 0 radical (unpaired) electrons. The maximum absolute atomic E-state index is 11.3. The normalized spacial score (nSPS) is 21.0. The molecule has 0 spiro atoms. The Balaban J connectivity index is 1.95. The summed E-state index contributed by atoms with van der Waals surface area (Å²) in [5.41, 5.74) is 2.56. The highest BCUT2D eigenvalue weighted by molar-refractivity contribution is 5.80. The van der Waals surface area contributed by atoms with Crippen LogP contribution >= 0.6 is 0 Å². The summed E-state index contributed by atoms with van der Waals surface area (Å²) in [6, 6.07) is 3.13. The minimum atomic E-state index is -0.602. The number of ether oxygens (including phenoxy) is 2. The van der Waals surface area contributed by atoms with Gasteiger partial charge in [-0.1, -0.05) is 0 Å². The topological polar surface area (TPSA) is 130 Å². The molecule has 21 heavy (non-hydrogen) atoms. The molecule has 1 aliphatic heterocycles. The number of amides is 1. The second kappa shape index (κ2) is 6.46. The van der Waals surface area contributed by atoms with E-state index in [4.69, 9.17) is 15.3 Å². The summed E-state index contributed by atoms with van der Waals surface area (Å²) in [6.45, 7) is 1.77. The number of nitrogens with two attached hydrogens (primary N) is 1. The van der Waals surface area contributed by atoms with Crippen LogP contribution in [-0.2, 0) is 9.53 Å². The van der Waals surface area contributed by atoms with Crippen LogP contribution in [0.2, 0.25) is 0 Å². The van der Waals surface area contributed by atoms with Gasteiger partial charge < -0.3 is 19.6 Å². The Hall–Kier alpha value is -2.26. The van der Waals surface area contributed by atoms with Gasteiger partial charge in [-0.3, -0.25) is 10.2 Å². The number of aromatic nitrogens is 1. The number of hydrogen-bond donors (Lipinski definition) is 2. The van der Waals surface area contributed by atoms with Crippen molar-refractivity contribution in [3.63, 3.8) is 0 Å². The Bertz CT molecular complexity index is 550. The predicted molar refractivity (Wildman–Crippen MR) is 71.3 cm³/mol. The lowest BCUT2D eigenvalue weighted by atomic mass is 10.2. The third kappa shape index (κ3) is 3.64. The van der Waals surface area contributed by atoms with E-state index in [-0.39, 0.29) is 30.2 Å². The summed E-state index contributed by atoms with van der Waals surface area (Å²) < 4.78 is 10.9. The number of pyridine rings is 1. The molecule has 3 N–H and O–H groups in total. The molecule has 1 aromatic rings. The van der Waals surface area contributed by atoms with Crippen molar-refractivity contribution in [1.29, 1.82) is 0 Å². The number of hydrogen-bond acceptors (Lipinski definition) is 7. The first-order chi connectivity index (χ1) is 10.0. The highest BCUT2D eigenvalue weighted by atomic mass is 16.6. The maximum Gasteiger partial charge on any atom is 0.406 e. The van der Waals surface area contributed by atoms with Crippen LogP contribution in [-0.4, -0.2) is 34.6 Å². The van der Waals surface area contributed by atoms with Crippen LogP contribution in [0.25, 0.3) is 0 Å².